The Hall–Kier alpha value is -1.76. The fraction of sp³-hybridized carbons (Fsp3) is 0.176. The molecule has 0 radical (unpaired) electrons. The number of rotatable bonds is 5. The first kappa shape index (κ1) is 18.0. The van der Waals surface area contributed by atoms with Gasteiger partial charge in [-0.3, -0.25) is 0 Å². The third-order valence-electron chi connectivity index (χ3n) is 3.55. The number of carbonyl (C=O) groups is 1. The van der Waals surface area contributed by atoms with Crippen LogP contribution in [-0.4, -0.2) is 25.7 Å². The Labute approximate surface area is 162 Å². The highest BCUT2D eigenvalue weighted by Crippen LogP contribution is 2.30. The summed E-state index contributed by atoms with van der Waals surface area (Å²) in [5.74, 6) is -0.423. The van der Waals surface area contributed by atoms with Crippen LogP contribution in [0.25, 0.3) is 5.69 Å². The van der Waals surface area contributed by atoms with Crippen molar-refractivity contribution in [1.29, 1.82) is 0 Å². The number of para-hydroxylation sites is 1. The summed E-state index contributed by atoms with van der Waals surface area (Å²) in [5.41, 5.74) is 0.844. The van der Waals surface area contributed by atoms with Crippen LogP contribution in [0.15, 0.2) is 48.3 Å². The molecule has 0 saturated heterocycles. The van der Waals surface area contributed by atoms with Gasteiger partial charge in [0, 0.05) is 4.83 Å². The summed E-state index contributed by atoms with van der Waals surface area (Å²) in [5, 5.41) is 14.1. The Bertz CT molecular complexity index is 857. The highest BCUT2D eigenvalue weighted by Gasteiger charge is 2.19. The van der Waals surface area contributed by atoms with Crippen molar-refractivity contribution in [1.82, 2.24) is 9.78 Å². The molecule has 1 unspecified atom stereocenters. The molecule has 5 nitrogen and oxygen atoms in total. The highest BCUT2D eigenvalue weighted by atomic mass is 79.9. The topological polar surface area (TPSA) is 64.3 Å². The normalized spacial score (nSPS) is 16.6. The van der Waals surface area contributed by atoms with Gasteiger partial charge in [0.2, 0.25) is 0 Å². The Morgan fingerprint density at radius 3 is 2.72 bits per heavy atom. The zero-order chi connectivity index (χ0) is 18.0. The number of carboxylic acids is 1. The van der Waals surface area contributed by atoms with Gasteiger partial charge in [-0.05, 0) is 36.8 Å². The van der Waals surface area contributed by atoms with E-state index in [1.54, 1.807) is 18.2 Å². The van der Waals surface area contributed by atoms with Crippen LogP contribution in [-0.2, 0) is 11.3 Å². The summed E-state index contributed by atoms with van der Waals surface area (Å²) >= 11 is 16.0. The first-order valence-electron chi connectivity index (χ1n) is 7.37. The van der Waals surface area contributed by atoms with E-state index in [9.17, 15) is 9.90 Å². The van der Waals surface area contributed by atoms with Gasteiger partial charge in [0.25, 0.3) is 0 Å². The fourth-order valence-corrected chi connectivity index (χ4v) is 3.25. The minimum Gasteiger partial charge on any atom is -0.488 e. The molecule has 1 aromatic heterocycles. The van der Waals surface area contributed by atoms with Crippen LogP contribution in [0.3, 0.4) is 0 Å². The maximum Gasteiger partial charge on any atom is 0.356 e. The van der Waals surface area contributed by atoms with Crippen LogP contribution in [0.5, 0.6) is 0 Å². The zero-order valence-electron chi connectivity index (χ0n) is 12.8. The highest BCUT2D eigenvalue weighted by molar-refractivity contribution is 9.09. The molecule has 0 amide bonds. The van der Waals surface area contributed by atoms with E-state index in [2.05, 4.69) is 21.0 Å². The van der Waals surface area contributed by atoms with Gasteiger partial charge in [0.15, 0.2) is 5.69 Å². The summed E-state index contributed by atoms with van der Waals surface area (Å²) in [6.45, 7) is 0.130. The third kappa shape index (κ3) is 4.08. The lowest BCUT2D eigenvalue weighted by Crippen LogP contribution is -2.07. The van der Waals surface area contributed by atoms with E-state index in [4.69, 9.17) is 27.9 Å². The van der Waals surface area contributed by atoms with Gasteiger partial charge in [0.05, 0.1) is 15.7 Å². The van der Waals surface area contributed by atoms with Crippen molar-refractivity contribution in [3.05, 3.63) is 69.7 Å². The molecule has 0 bridgehead atoms. The van der Waals surface area contributed by atoms with Gasteiger partial charge < -0.3 is 9.84 Å². The number of hydrogen-bond donors (Lipinski definition) is 1. The van der Waals surface area contributed by atoms with E-state index >= 15 is 0 Å². The van der Waals surface area contributed by atoms with Crippen LogP contribution in [0.1, 0.15) is 22.6 Å². The van der Waals surface area contributed by atoms with Crippen molar-refractivity contribution in [2.75, 3.05) is 0 Å². The molecule has 1 atom stereocenters. The quantitative estimate of drug-likeness (QED) is 0.660. The molecule has 130 valence electrons. The molecule has 0 spiro atoms. The van der Waals surface area contributed by atoms with Crippen molar-refractivity contribution in [2.24, 2.45) is 0 Å². The second-order valence-corrected chi connectivity index (χ2v) is 7.30. The number of aromatic nitrogens is 2. The molecule has 8 heteroatoms. The number of aromatic carboxylic acids is 1. The van der Waals surface area contributed by atoms with E-state index in [0.29, 0.717) is 32.0 Å². The predicted octanol–water partition coefficient (Wildman–Crippen LogP) is 5.00. The van der Waals surface area contributed by atoms with Gasteiger partial charge in [-0.25, -0.2) is 9.48 Å². The molecule has 1 N–H and O–H groups in total. The summed E-state index contributed by atoms with van der Waals surface area (Å²) in [4.78, 5) is 11.6. The molecule has 0 fully saturated rings. The lowest BCUT2D eigenvalue weighted by atomic mass is 10.2. The Kier molecular flexibility index (Phi) is 5.51. The van der Waals surface area contributed by atoms with E-state index < -0.39 is 5.97 Å². The van der Waals surface area contributed by atoms with Crippen LogP contribution >= 0.6 is 39.1 Å². The Morgan fingerprint density at radius 1 is 1.40 bits per heavy atom. The summed E-state index contributed by atoms with van der Waals surface area (Å²) in [6.07, 6.45) is 6.63. The molecule has 1 aliphatic carbocycles. The first-order valence-corrected chi connectivity index (χ1v) is 9.04. The van der Waals surface area contributed by atoms with Gasteiger partial charge >= 0.3 is 5.97 Å². The maximum absolute atomic E-state index is 11.3. The lowest BCUT2D eigenvalue weighted by Gasteiger charge is -2.14. The third-order valence-corrected chi connectivity index (χ3v) is 4.84. The minimum atomic E-state index is -1.14. The van der Waals surface area contributed by atoms with E-state index in [0.717, 1.165) is 6.42 Å². The van der Waals surface area contributed by atoms with E-state index in [-0.39, 0.29) is 12.3 Å². The average Bonchev–Trinajstić information content (AvgIpc) is 2.98. The van der Waals surface area contributed by atoms with Crippen LogP contribution < -0.4 is 0 Å². The van der Waals surface area contributed by atoms with Crippen LogP contribution in [0, 0.1) is 0 Å². The van der Waals surface area contributed by atoms with Crippen molar-refractivity contribution in [2.45, 2.75) is 17.9 Å². The van der Waals surface area contributed by atoms with Gasteiger partial charge in [0.1, 0.15) is 18.1 Å². The van der Waals surface area contributed by atoms with Crippen molar-refractivity contribution >= 4 is 45.1 Å². The first-order chi connectivity index (χ1) is 12.0. The number of benzene rings is 1. The molecule has 1 heterocycles. The largest absolute Gasteiger partial charge is 0.488 e. The van der Waals surface area contributed by atoms with Gasteiger partial charge in [-0.1, -0.05) is 51.3 Å². The molecule has 1 aliphatic rings. The Morgan fingerprint density at radius 2 is 2.12 bits per heavy atom. The number of halogens is 3. The number of alkyl halides is 1. The molecular formula is C17H13BrCl2N2O3. The summed E-state index contributed by atoms with van der Waals surface area (Å²) in [6, 6.07) is 6.48. The molecule has 1 aromatic carbocycles. The van der Waals surface area contributed by atoms with Crippen LogP contribution in [0.2, 0.25) is 10.0 Å². The Balaban J connectivity index is 1.93. The molecular weight excluding hydrogens is 431 g/mol. The molecule has 2 aromatic rings. The number of carboxylic acid groups (broad SMARTS) is 1. The second-order valence-electron chi connectivity index (χ2n) is 5.31. The number of allylic oxidation sites excluding steroid dienone is 3. The number of nitrogens with zero attached hydrogens (tertiary/aromatic N) is 2. The SMILES string of the molecule is O=C(O)c1cc(COC2=CCC(Br)C=C2)n(-c2c(Cl)cccc2Cl)n1. The van der Waals surface area contributed by atoms with Gasteiger partial charge in [-0.15, -0.1) is 0 Å². The number of ether oxygens (including phenoxy) is 1. The fourth-order valence-electron chi connectivity index (χ4n) is 2.35. The van der Waals surface area contributed by atoms with Crippen molar-refractivity contribution in [3.8, 4) is 5.69 Å². The standard InChI is InChI=1S/C17H13BrCl2N2O3/c18-10-4-6-12(7-5-10)25-9-11-8-15(17(23)24)21-22(11)16-13(19)2-1-3-14(16)20/h1-4,6-8,10H,5,9H2,(H,23,24). The summed E-state index contributed by atoms with van der Waals surface area (Å²) in [7, 11) is 0. The predicted molar refractivity (Wildman–Crippen MR) is 99.9 cm³/mol. The minimum absolute atomic E-state index is 0.108. The molecule has 0 aliphatic heterocycles. The second kappa shape index (κ2) is 7.64. The summed E-state index contributed by atoms with van der Waals surface area (Å²) < 4.78 is 7.18. The smallest absolute Gasteiger partial charge is 0.356 e. The van der Waals surface area contributed by atoms with E-state index in [1.165, 1.54) is 10.7 Å². The molecule has 3 rings (SSSR count). The zero-order valence-corrected chi connectivity index (χ0v) is 15.9. The molecule has 0 saturated carbocycles. The van der Waals surface area contributed by atoms with Crippen molar-refractivity contribution in [3.63, 3.8) is 0 Å². The monoisotopic (exact) mass is 442 g/mol. The number of hydrogen-bond acceptors (Lipinski definition) is 3. The maximum atomic E-state index is 11.3. The van der Waals surface area contributed by atoms with E-state index in [1.807, 2.05) is 18.2 Å². The molecule has 25 heavy (non-hydrogen) atoms. The van der Waals surface area contributed by atoms with Gasteiger partial charge in [-0.2, -0.15) is 5.10 Å². The average molecular weight is 444 g/mol. The lowest BCUT2D eigenvalue weighted by molar-refractivity contribution is 0.0690. The van der Waals surface area contributed by atoms with Crippen molar-refractivity contribution < 1.29 is 14.6 Å². The van der Waals surface area contributed by atoms with Crippen LogP contribution in [0.4, 0.5) is 0 Å².